The van der Waals surface area contributed by atoms with Crippen molar-refractivity contribution in [3.05, 3.63) is 12.0 Å². The lowest BCUT2D eigenvalue weighted by molar-refractivity contribution is -0.143. The first kappa shape index (κ1) is 16.0. The number of aromatic amines is 1. The van der Waals surface area contributed by atoms with E-state index in [1.54, 1.807) is 0 Å². The Morgan fingerprint density at radius 1 is 1.43 bits per heavy atom. The normalized spacial score (nSPS) is 23.1. The number of carboxylic acids is 1. The molecule has 1 aliphatic rings. The van der Waals surface area contributed by atoms with Gasteiger partial charge in [0.2, 0.25) is 0 Å². The van der Waals surface area contributed by atoms with Gasteiger partial charge in [0.05, 0.1) is 12.1 Å². The number of nitrogens with one attached hydrogen (secondary N) is 2. The standard InChI is InChI=1S/C13H21N3O4S/c1-2-11-14-8-12(16-11)21(19,20)15-7-9-3-5-10(6-4-9)13(17)18/h8-10,15H,2-7H2,1H3,(H,14,16)(H,17,18). The Morgan fingerprint density at radius 3 is 2.62 bits per heavy atom. The Labute approximate surface area is 124 Å². The minimum Gasteiger partial charge on any atom is -0.481 e. The van der Waals surface area contributed by atoms with Crippen LogP contribution in [0.1, 0.15) is 38.4 Å². The van der Waals surface area contributed by atoms with Crippen LogP contribution in [-0.2, 0) is 21.2 Å². The number of imidazole rings is 1. The Hall–Kier alpha value is -1.41. The second kappa shape index (κ2) is 6.57. The van der Waals surface area contributed by atoms with Gasteiger partial charge in [-0.2, -0.15) is 0 Å². The molecule has 0 bridgehead atoms. The quantitative estimate of drug-likeness (QED) is 0.729. The number of hydrogen-bond donors (Lipinski definition) is 3. The maximum Gasteiger partial charge on any atom is 0.306 e. The van der Waals surface area contributed by atoms with Gasteiger partial charge in [-0.1, -0.05) is 6.92 Å². The maximum atomic E-state index is 12.1. The summed E-state index contributed by atoms with van der Waals surface area (Å²) in [5.41, 5.74) is 0. The molecule has 8 heteroatoms. The van der Waals surface area contributed by atoms with Crippen molar-refractivity contribution in [2.24, 2.45) is 11.8 Å². The highest BCUT2D eigenvalue weighted by molar-refractivity contribution is 7.89. The van der Waals surface area contributed by atoms with Crippen LogP contribution < -0.4 is 4.72 Å². The number of sulfonamides is 1. The van der Waals surface area contributed by atoms with Crippen LogP contribution in [0.2, 0.25) is 0 Å². The summed E-state index contributed by atoms with van der Waals surface area (Å²) in [5, 5.41) is 9.02. The van der Waals surface area contributed by atoms with E-state index in [-0.39, 0.29) is 16.9 Å². The van der Waals surface area contributed by atoms with Crippen molar-refractivity contribution in [1.29, 1.82) is 0 Å². The number of carbonyl (C=O) groups is 1. The lowest BCUT2D eigenvalue weighted by atomic mass is 9.82. The lowest BCUT2D eigenvalue weighted by Crippen LogP contribution is -2.32. The van der Waals surface area contributed by atoms with Crippen LogP contribution in [0.25, 0.3) is 0 Å². The fraction of sp³-hybridized carbons (Fsp3) is 0.692. The molecule has 1 fully saturated rings. The molecule has 0 aliphatic heterocycles. The number of carboxylic acid groups (broad SMARTS) is 1. The molecule has 1 aromatic rings. The third kappa shape index (κ3) is 4.04. The first-order valence-corrected chi connectivity index (χ1v) is 8.67. The van der Waals surface area contributed by atoms with Gasteiger partial charge in [0.1, 0.15) is 5.82 Å². The molecular weight excluding hydrogens is 294 g/mol. The Balaban J connectivity index is 1.86. The molecule has 2 rings (SSSR count). The van der Waals surface area contributed by atoms with E-state index in [9.17, 15) is 13.2 Å². The minimum atomic E-state index is -3.56. The van der Waals surface area contributed by atoms with Crippen molar-refractivity contribution >= 4 is 16.0 Å². The SMILES string of the molecule is CCc1ncc(S(=O)(=O)NCC2CCC(C(=O)O)CC2)[nH]1. The monoisotopic (exact) mass is 315 g/mol. The number of hydrogen-bond acceptors (Lipinski definition) is 4. The molecule has 1 saturated carbocycles. The summed E-state index contributed by atoms with van der Waals surface area (Å²) in [6.07, 6.45) is 4.68. The van der Waals surface area contributed by atoms with Gasteiger partial charge in [-0.3, -0.25) is 4.79 Å². The van der Waals surface area contributed by atoms with Crippen LogP contribution in [0.15, 0.2) is 11.2 Å². The number of aryl methyl sites for hydroxylation is 1. The molecule has 0 unspecified atom stereocenters. The van der Waals surface area contributed by atoms with Crippen molar-refractivity contribution in [3.8, 4) is 0 Å². The summed E-state index contributed by atoms with van der Waals surface area (Å²) in [5.74, 6) is -0.197. The van der Waals surface area contributed by atoms with Crippen LogP contribution in [-0.4, -0.2) is 36.0 Å². The molecule has 0 spiro atoms. The minimum absolute atomic E-state index is 0.0820. The molecule has 1 heterocycles. The summed E-state index contributed by atoms with van der Waals surface area (Å²) >= 11 is 0. The maximum absolute atomic E-state index is 12.1. The summed E-state index contributed by atoms with van der Waals surface area (Å²) in [6.45, 7) is 2.23. The smallest absolute Gasteiger partial charge is 0.306 e. The molecule has 21 heavy (non-hydrogen) atoms. The van der Waals surface area contributed by atoms with Gasteiger partial charge in [-0.05, 0) is 31.6 Å². The van der Waals surface area contributed by atoms with E-state index >= 15 is 0 Å². The average Bonchev–Trinajstić information content (AvgIpc) is 2.95. The first-order chi connectivity index (χ1) is 9.92. The highest BCUT2D eigenvalue weighted by atomic mass is 32.2. The average molecular weight is 315 g/mol. The number of H-pyrrole nitrogens is 1. The molecular formula is C13H21N3O4S. The molecule has 1 aromatic heterocycles. The molecule has 118 valence electrons. The van der Waals surface area contributed by atoms with Gasteiger partial charge in [0.25, 0.3) is 10.0 Å². The van der Waals surface area contributed by atoms with Gasteiger partial charge in [0.15, 0.2) is 5.03 Å². The van der Waals surface area contributed by atoms with Crippen LogP contribution in [0.3, 0.4) is 0 Å². The van der Waals surface area contributed by atoms with Crippen LogP contribution in [0.4, 0.5) is 0 Å². The topological polar surface area (TPSA) is 112 Å². The van der Waals surface area contributed by atoms with Gasteiger partial charge in [0, 0.05) is 13.0 Å². The molecule has 1 aliphatic carbocycles. The zero-order valence-electron chi connectivity index (χ0n) is 12.0. The Morgan fingerprint density at radius 2 is 2.10 bits per heavy atom. The molecule has 7 nitrogen and oxygen atoms in total. The van der Waals surface area contributed by atoms with E-state index in [1.807, 2.05) is 6.92 Å². The van der Waals surface area contributed by atoms with Crippen LogP contribution in [0, 0.1) is 11.8 Å². The van der Waals surface area contributed by atoms with Crippen LogP contribution in [0.5, 0.6) is 0 Å². The first-order valence-electron chi connectivity index (χ1n) is 7.18. The zero-order valence-corrected chi connectivity index (χ0v) is 12.8. The van der Waals surface area contributed by atoms with E-state index < -0.39 is 16.0 Å². The van der Waals surface area contributed by atoms with Crippen molar-refractivity contribution in [1.82, 2.24) is 14.7 Å². The molecule has 0 aromatic carbocycles. The number of aliphatic carboxylic acids is 1. The van der Waals surface area contributed by atoms with Crippen molar-refractivity contribution < 1.29 is 18.3 Å². The molecule has 0 radical (unpaired) electrons. The summed E-state index contributed by atoms with van der Waals surface area (Å²) in [6, 6.07) is 0. The predicted octanol–water partition coefficient (Wildman–Crippen LogP) is 1.14. The van der Waals surface area contributed by atoms with Crippen molar-refractivity contribution in [2.75, 3.05) is 6.54 Å². The van der Waals surface area contributed by atoms with E-state index in [1.165, 1.54) is 6.20 Å². The Kier molecular flexibility index (Phi) is 5.00. The second-order valence-corrected chi connectivity index (χ2v) is 7.19. The van der Waals surface area contributed by atoms with Gasteiger partial charge in [-0.15, -0.1) is 0 Å². The molecule has 3 N–H and O–H groups in total. The highest BCUT2D eigenvalue weighted by Crippen LogP contribution is 2.28. The summed E-state index contributed by atoms with van der Waals surface area (Å²) in [7, 11) is -3.56. The molecule has 0 amide bonds. The zero-order chi connectivity index (χ0) is 15.5. The third-order valence-electron chi connectivity index (χ3n) is 3.99. The molecule has 0 atom stereocenters. The van der Waals surface area contributed by atoms with Crippen LogP contribution >= 0.6 is 0 Å². The predicted molar refractivity (Wildman–Crippen MR) is 76.2 cm³/mol. The third-order valence-corrected chi connectivity index (χ3v) is 5.32. The number of nitrogens with zero attached hydrogens (tertiary/aromatic N) is 1. The lowest BCUT2D eigenvalue weighted by Gasteiger charge is -2.25. The number of rotatable bonds is 6. The Bertz CT molecular complexity index is 588. The summed E-state index contributed by atoms with van der Waals surface area (Å²) < 4.78 is 26.8. The largest absolute Gasteiger partial charge is 0.481 e. The molecule has 0 saturated heterocycles. The van der Waals surface area contributed by atoms with Gasteiger partial charge in [-0.25, -0.2) is 18.1 Å². The fourth-order valence-corrected chi connectivity index (χ4v) is 3.63. The van der Waals surface area contributed by atoms with Gasteiger partial charge < -0.3 is 10.1 Å². The van der Waals surface area contributed by atoms with E-state index in [0.717, 1.165) is 12.8 Å². The highest BCUT2D eigenvalue weighted by Gasteiger charge is 2.27. The second-order valence-electron chi connectivity index (χ2n) is 5.46. The number of aromatic nitrogens is 2. The van der Waals surface area contributed by atoms with Crippen molar-refractivity contribution in [3.63, 3.8) is 0 Å². The fourth-order valence-electron chi connectivity index (χ4n) is 2.58. The van der Waals surface area contributed by atoms with Crippen molar-refractivity contribution in [2.45, 2.75) is 44.1 Å². The van der Waals surface area contributed by atoms with E-state index in [0.29, 0.717) is 31.6 Å². The van der Waals surface area contributed by atoms with E-state index in [2.05, 4.69) is 14.7 Å². The van der Waals surface area contributed by atoms with E-state index in [4.69, 9.17) is 5.11 Å². The summed E-state index contributed by atoms with van der Waals surface area (Å²) in [4.78, 5) is 17.6. The van der Waals surface area contributed by atoms with Gasteiger partial charge >= 0.3 is 5.97 Å².